The van der Waals surface area contributed by atoms with Crippen LogP contribution >= 0.6 is 0 Å². The summed E-state index contributed by atoms with van der Waals surface area (Å²) < 4.78 is 28.3. The number of amides is 3. The van der Waals surface area contributed by atoms with E-state index in [4.69, 9.17) is 4.84 Å². The number of carbonyl (C=O) groups is 5. The van der Waals surface area contributed by atoms with E-state index in [9.17, 15) is 27.6 Å². The molecule has 6 rings (SSSR count). The van der Waals surface area contributed by atoms with Gasteiger partial charge in [0.2, 0.25) is 17.7 Å². The fourth-order valence-corrected chi connectivity index (χ4v) is 13.2. The average molecular weight is 844 g/mol. The van der Waals surface area contributed by atoms with Gasteiger partial charge in [-0.15, -0.1) is 6.58 Å². The molecule has 59 heavy (non-hydrogen) atoms. The molecule has 2 aliphatic heterocycles. The summed E-state index contributed by atoms with van der Waals surface area (Å²) in [5, 5.41) is 3.26. The number of likely N-dealkylation sites (tertiary alicyclic amines) is 2. The second kappa shape index (κ2) is 16.5. The third-order valence-electron chi connectivity index (χ3n) is 16.7. The van der Waals surface area contributed by atoms with E-state index in [1.54, 1.807) is 11.0 Å². The van der Waals surface area contributed by atoms with Gasteiger partial charge >= 0.3 is 10.2 Å². The van der Waals surface area contributed by atoms with E-state index in [1.165, 1.54) is 14.2 Å². The maximum Gasteiger partial charge on any atom is 0.325 e. The van der Waals surface area contributed by atoms with E-state index in [1.807, 2.05) is 20.8 Å². The lowest BCUT2D eigenvalue weighted by Crippen LogP contribution is -2.57. The fraction of sp³-hybridized carbons (Fsp3) is 0.844. The normalized spacial score (nSPS) is 31.4. The van der Waals surface area contributed by atoms with Gasteiger partial charge in [-0.2, -0.15) is 8.42 Å². The quantitative estimate of drug-likeness (QED) is 0.146. The molecule has 2 spiro atoms. The SMILES string of the molecule is C=C[C@@H]1C[C@]1(CC(=O)[C@@H]1C[C@@]2(CN1C(=O)[C@@H](CC(=O)[C@@H](NC(=O)[C@@H]1CCCCN1C(C)C)C1CCCCC1)C(C)(C)C)C(C)(C)C21CCC1)C(=O)NS(=O)(=O)N(C)OC. The van der Waals surface area contributed by atoms with E-state index in [0.717, 1.165) is 77.2 Å². The van der Waals surface area contributed by atoms with Gasteiger partial charge in [0.05, 0.1) is 30.7 Å². The van der Waals surface area contributed by atoms with Crippen molar-refractivity contribution in [2.45, 2.75) is 169 Å². The van der Waals surface area contributed by atoms with Gasteiger partial charge in [-0.05, 0) is 99.8 Å². The highest BCUT2D eigenvalue weighted by atomic mass is 32.2. The Morgan fingerprint density at radius 2 is 1.58 bits per heavy atom. The van der Waals surface area contributed by atoms with Gasteiger partial charge in [0.1, 0.15) is 0 Å². The van der Waals surface area contributed by atoms with Crippen molar-refractivity contribution in [1.82, 2.24) is 24.3 Å². The first kappa shape index (κ1) is 45.8. The molecule has 0 aromatic heterocycles. The average Bonchev–Trinajstić information content (AvgIpc) is 3.89. The number of hydrogen-bond donors (Lipinski definition) is 2. The zero-order valence-corrected chi connectivity index (χ0v) is 38.2. The number of allylic oxidation sites excluding steroid dienone is 1. The topological polar surface area (TPSA) is 162 Å². The number of hydroxylamine groups is 1. The predicted octanol–water partition coefficient (Wildman–Crippen LogP) is 5.74. The first-order valence-electron chi connectivity index (χ1n) is 22.4. The Labute approximate surface area is 353 Å². The third-order valence-corrected chi connectivity index (χ3v) is 17.9. The van der Waals surface area contributed by atoms with Crippen LogP contribution in [-0.4, -0.2) is 103 Å². The van der Waals surface area contributed by atoms with Gasteiger partial charge in [0.25, 0.3) is 0 Å². The van der Waals surface area contributed by atoms with Crippen molar-refractivity contribution in [1.29, 1.82) is 0 Å². The summed E-state index contributed by atoms with van der Waals surface area (Å²) in [4.78, 5) is 81.6. The highest BCUT2D eigenvalue weighted by Crippen LogP contribution is 2.88. The molecule has 0 unspecified atom stereocenters. The Bertz CT molecular complexity index is 1780. The largest absolute Gasteiger partial charge is 0.345 e. The number of piperidine rings is 1. The van der Waals surface area contributed by atoms with Crippen LogP contribution in [0.4, 0.5) is 0 Å². The van der Waals surface area contributed by atoms with Crippen molar-refractivity contribution < 1.29 is 37.2 Å². The van der Waals surface area contributed by atoms with Crippen LogP contribution < -0.4 is 10.0 Å². The third kappa shape index (κ3) is 7.99. The minimum absolute atomic E-state index is 0.00620. The number of carbonyl (C=O) groups excluding carboxylic acids is 5. The van der Waals surface area contributed by atoms with Crippen molar-refractivity contribution in [3.05, 3.63) is 12.7 Å². The first-order chi connectivity index (χ1) is 27.5. The summed E-state index contributed by atoms with van der Waals surface area (Å²) in [7, 11) is -2.00. The Balaban J connectivity index is 1.28. The Hall–Kier alpha value is -2.68. The van der Waals surface area contributed by atoms with Crippen LogP contribution in [0.15, 0.2) is 12.7 Å². The summed E-state index contributed by atoms with van der Waals surface area (Å²) in [5.41, 5.74) is -2.38. The Morgan fingerprint density at radius 1 is 0.932 bits per heavy atom. The van der Waals surface area contributed by atoms with Gasteiger partial charge in [0.15, 0.2) is 11.6 Å². The van der Waals surface area contributed by atoms with Crippen LogP contribution in [0.25, 0.3) is 0 Å². The summed E-state index contributed by atoms with van der Waals surface area (Å²) in [6.07, 6.45) is 12.7. The molecule has 3 amide bonds. The zero-order valence-electron chi connectivity index (χ0n) is 37.4. The maximum absolute atomic E-state index is 15.3. The molecule has 0 radical (unpaired) electrons. The van der Waals surface area contributed by atoms with E-state index in [2.05, 4.69) is 49.2 Å². The molecule has 2 heterocycles. The molecule has 13 nitrogen and oxygen atoms in total. The Morgan fingerprint density at radius 3 is 2.10 bits per heavy atom. The first-order valence-corrected chi connectivity index (χ1v) is 23.9. The van der Waals surface area contributed by atoms with E-state index >= 15 is 4.79 Å². The second-order valence-corrected chi connectivity index (χ2v) is 22.7. The van der Waals surface area contributed by atoms with E-state index in [-0.39, 0.29) is 76.9 Å². The van der Waals surface area contributed by atoms with Crippen molar-refractivity contribution in [2.24, 2.45) is 44.8 Å². The molecule has 14 heteroatoms. The molecule has 7 atom stereocenters. The van der Waals surface area contributed by atoms with Gasteiger partial charge in [-0.3, -0.25) is 33.7 Å². The van der Waals surface area contributed by atoms with Gasteiger partial charge in [0, 0.05) is 43.8 Å². The fourth-order valence-electron chi connectivity index (χ4n) is 12.4. The molecule has 0 aromatic rings. The van der Waals surface area contributed by atoms with E-state index in [0.29, 0.717) is 17.4 Å². The van der Waals surface area contributed by atoms with Crippen molar-refractivity contribution in [3.8, 4) is 0 Å². The van der Waals surface area contributed by atoms with Gasteiger partial charge in [-0.25, -0.2) is 4.72 Å². The number of Topliss-reactive ketones (excluding diaryl/α,β-unsaturated/α-hetero) is 2. The molecule has 0 aromatic carbocycles. The van der Waals surface area contributed by atoms with Crippen LogP contribution in [-0.2, 0) is 39.0 Å². The molecular formula is C45H73N5O8S. The van der Waals surface area contributed by atoms with Gasteiger partial charge in [-0.1, -0.05) is 77.3 Å². The monoisotopic (exact) mass is 844 g/mol. The zero-order chi connectivity index (χ0) is 43.5. The van der Waals surface area contributed by atoms with Crippen molar-refractivity contribution >= 4 is 39.5 Å². The standard InChI is InChI=1S/C45H73N5O8S/c1-11-31-25-43(31,40(55)47-59(56,57)48(9)58-10)27-36(52)34-26-45(42(7,8)44(45)21-17-22-44)28-50(34)39(54)32(41(4,5)6)24-35(51)37(30-18-13-12-14-19-30)46-38(53)33-20-15-16-23-49(33)29(2)3/h11,29-34,37H,1,12-28H2,2-10H3,(H,46,53)(H,47,55)/t31-,32-,33+,34+,37+,43-,45-/m1/s1. The lowest BCUT2D eigenvalue weighted by atomic mass is 9.73. The maximum atomic E-state index is 15.3. The van der Waals surface area contributed by atoms with Crippen molar-refractivity contribution in [3.63, 3.8) is 0 Å². The van der Waals surface area contributed by atoms with Crippen molar-refractivity contribution in [2.75, 3.05) is 27.2 Å². The second-order valence-electron chi connectivity index (χ2n) is 21.0. The summed E-state index contributed by atoms with van der Waals surface area (Å²) in [6.45, 7) is 19.7. The lowest BCUT2D eigenvalue weighted by molar-refractivity contribution is -0.147. The molecule has 0 bridgehead atoms. The summed E-state index contributed by atoms with van der Waals surface area (Å²) in [6, 6.07) is -1.63. The minimum atomic E-state index is -4.33. The van der Waals surface area contributed by atoms with Crippen LogP contribution in [0.1, 0.15) is 145 Å². The summed E-state index contributed by atoms with van der Waals surface area (Å²) >= 11 is 0. The lowest BCUT2D eigenvalue weighted by Gasteiger charge is -2.40. The molecule has 4 saturated carbocycles. The smallest absolute Gasteiger partial charge is 0.325 e. The number of fused-ring (bicyclic) bond motifs is 1. The molecule has 6 fully saturated rings. The predicted molar refractivity (Wildman–Crippen MR) is 225 cm³/mol. The van der Waals surface area contributed by atoms with Crippen LogP contribution in [0.5, 0.6) is 0 Å². The molecule has 4 aliphatic carbocycles. The number of hydrogen-bond acceptors (Lipinski definition) is 9. The number of nitrogens with zero attached hydrogens (tertiary/aromatic N) is 3. The van der Waals surface area contributed by atoms with E-state index < -0.39 is 50.9 Å². The molecular weight excluding hydrogens is 771 g/mol. The summed E-state index contributed by atoms with van der Waals surface area (Å²) in [5.74, 6) is -2.75. The van der Waals surface area contributed by atoms with Crippen LogP contribution in [0.3, 0.4) is 0 Å². The number of nitrogens with one attached hydrogen (secondary N) is 2. The molecule has 2 saturated heterocycles. The highest BCUT2D eigenvalue weighted by Gasteiger charge is 2.85. The van der Waals surface area contributed by atoms with Gasteiger partial charge < -0.3 is 10.2 Å². The van der Waals surface area contributed by atoms with Crippen LogP contribution in [0, 0.1) is 44.8 Å². The number of rotatable bonds is 16. The van der Waals surface area contributed by atoms with Crippen LogP contribution in [0.2, 0.25) is 0 Å². The molecule has 332 valence electrons. The Kier molecular flexibility index (Phi) is 12.9. The highest BCUT2D eigenvalue weighted by molar-refractivity contribution is 7.87. The minimum Gasteiger partial charge on any atom is -0.345 e. The molecule has 2 N–H and O–H groups in total. The molecule has 6 aliphatic rings. The number of ketones is 2.